The highest BCUT2D eigenvalue weighted by Gasteiger charge is 2.67. The molecule has 24 nitrogen and oxygen atoms in total. The summed E-state index contributed by atoms with van der Waals surface area (Å²) >= 11 is 0. The van der Waals surface area contributed by atoms with Gasteiger partial charge in [0.2, 0.25) is 59.1 Å². The zero-order valence-electron chi connectivity index (χ0n) is 89.4. The molecule has 10 aliphatic heterocycles. The Hall–Kier alpha value is -7.97. The maximum Gasteiger partial charge on any atom is 0.412 e. The number of rotatable bonds is 8. The maximum absolute atomic E-state index is 13.8. The van der Waals surface area contributed by atoms with Gasteiger partial charge in [-0.15, -0.1) is 0 Å². The number of halogens is 15. The van der Waals surface area contributed by atoms with Gasteiger partial charge in [0, 0.05) is 180 Å². The third-order valence-corrected chi connectivity index (χ3v) is 29.7. The Balaban J connectivity index is 0.000000295. The number of nitrogens with zero attached hydrogens (tertiary/aromatic N) is 12. The van der Waals surface area contributed by atoms with E-state index in [9.17, 15) is 129 Å². The zero-order valence-corrected chi connectivity index (χ0v) is 89.4. The van der Waals surface area contributed by atoms with Crippen LogP contribution >= 0.6 is 0 Å². The maximum atomic E-state index is 13.8. The van der Waals surface area contributed by atoms with Crippen molar-refractivity contribution < 1.29 is 124 Å². The number of alkyl halides is 15. The molecule has 1 unspecified atom stereocenters. The van der Waals surface area contributed by atoms with Crippen molar-refractivity contribution in [1.82, 2.24) is 49.0 Å². The lowest BCUT2D eigenvalue weighted by Crippen LogP contribution is -2.60. The van der Waals surface area contributed by atoms with Crippen molar-refractivity contribution in [3.8, 4) is 12.1 Å². The van der Waals surface area contributed by atoms with Gasteiger partial charge >= 0.3 is 30.9 Å². The molecule has 10 saturated heterocycles. The third kappa shape index (κ3) is 31.8. The molecule has 0 aromatic heterocycles. The Kier molecular flexibility index (Phi) is 42.2. The molecule has 0 aromatic carbocycles. The number of aliphatic hydroxyl groups is 2. The smallest absolute Gasteiger partial charge is 0.388 e. The van der Waals surface area contributed by atoms with Crippen LogP contribution in [0, 0.1) is 94.1 Å². The van der Waals surface area contributed by atoms with Gasteiger partial charge in [0.05, 0.1) is 34.7 Å². The van der Waals surface area contributed by atoms with E-state index in [1.165, 1.54) is 43.2 Å². The minimum absolute atomic E-state index is 0.00600. The fourth-order valence-corrected chi connectivity index (χ4v) is 20.3. The monoisotopic (exact) mass is 2060 g/mol. The van der Waals surface area contributed by atoms with Gasteiger partial charge in [-0.25, -0.2) is 0 Å². The van der Waals surface area contributed by atoms with Crippen LogP contribution in [0.3, 0.4) is 0 Å². The van der Waals surface area contributed by atoms with Gasteiger partial charge in [-0.05, 0) is 167 Å². The number of hydrogen-bond donors (Lipinski definition) is 2. The van der Waals surface area contributed by atoms with Crippen molar-refractivity contribution in [2.75, 3.05) is 131 Å². The van der Waals surface area contributed by atoms with E-state index < -0.39 is 126 Å². The molecule has 0 aromatic rings. The summed E-state index contributed by atoms with van der Waals surface area (Å²) < 4.78 is 200. The summed E-state index contributed by atoms with van der Waals surface area (Å²) in [5, 5.41) is 39.3. The van der Waals surface area contributed by atoms with Crippen molar-refractivity contribution in [2.24, 2.45) is 71.4 Å². The summed E-state index contributed by atoms with van der Waals surface area (Å²) in [6, 6.07) is 4.47. The quantitative estimate of drug-likeness (QED) is 0.169. The van der Waals surface area contributed by atoms with Gasteiger partial charge in [0.25, 0.3) is 0 Å². The summed E-state index contributed by atoms with van der Waals surface area (Å²) in [6.07, 6.45) is -12.6. The molecule has 1 atom stereocenters. The Bertz CT molecular complexity index is 4440. The molecule has 1 saturated carbocycles. The predicted octanol–water partition coefficient (Wildman–Crippen LogP) is 19.8. The summed E-state index contributed by atoms with van der Waals surface area (Å²) in [5.41, 5.74) is -13.3. The van der Waals surface area contributed by atoms with E-state index in [-0.39, 0.29) is 142 Å². The van der Waals surface area contributed by atoms with Gasteiger partial charge in [0.15, 0.2) is 0 Å². The van der Waals surface area contributed by atoms with Crippen molar-refractivity contribution >= 4 is 59.1 Å². The Morgan fingerprint density at radius 1 is 0.336 bits per heavy atom. The number of allylic oxidation sites excluding steroid dienone is 3. The zero-order chi connectivity index (χ0) is 110. The molecule has 0 bridgehead atoms. The lowest BCUT2D eigenvalue weighted by atomic mass is 9.75. The Morgan fingerprint density at radius 2 is 0.580 bits per heavy atom. The molecule has 10 amide bonds. The first-order chi connectivity index (χ1) is 65.1. The molecule has 0 spiro atoms. The SMILES string of the molecule is C/C=C(/C1CCN(C(=O)C(C)(C)C)CC1)C(F)(F)F.CC(C)(C)C(=O)N1CCC(C(=O)N2CCC2)(C(F)(F)F)CC1.CC(C)(C)C(=O)N1CCC(C(=O)N2CCCC2)(C(F)(F)F)CC1.CC(C)(C)C(=O)N1CCC(C(=O)N2CCCCC2)(C(F)(F)F)CC1.CC(C)(C)C(=O)N1CCC(O)(C2(C#N)CC2)CC1.CCC(=C1CCN(C(=O)C(C)(C)C)CC1)C(F)(F)F.CCC(C#N)C1(O)CCN(C(=O)C(C)(C)C)CC1. The average Bonchev–Trinajstić information content (AvgIpc) is 1.37. The molecule has 2 N–H and O–H groups in total. The summed E-state index contributed by atoms with van der Waals surface area (Å²) in [6.45, 7) is 49.1. The first-order valence-electron chi connectivity index (χ1n) is 51.0. The van der Waals surface area contributed by atoms with E-state index >= 15 is 0 Å². The van der Waals surface area contributed by atoms with Crippen molar-refractivity contribution in [3.63, 3.8) is 0 Å². The number of carbonyl (C=O) groups is 10. The first-order valence-corrected chi connectivity index (χ1v) is 51.0. The van der Waals surface area contributed by atoms with E-state index in [1.807, 2.05) is 94.9 Å². The molecular formula is C104H165F15N12O12. The third-order valence-electron chi connectivity index (χ3n) is 29.7. The van der Waals surface area contributed by atoms with E-state index in [0.717, 1.165) is 57.4 Å². The molecule has 1 aliphatic carbocycles. The highest BCUT2D eigenvalue weighted by atomic mass is 19.4. The van der Waals surface area contributed by atoms with Crippen LogP contribution < -0.4 is 0 Å². The normalized spacial score (nSPS) is 21.6. The Morgan fingerprint density at radius 3 is 0.783 bits per heavy atom. The number of nitriles is 2. The predicted molar refractivity (Wildman–Crippen MR) is 513 cm³/mol. The van der Waals surface area contributed by atoms with Gasteiger partial charge in [0.1, 0.15) is 16.2 Å². The number of likely N-dealkylation sites (tertiary alicyclic amines) is 10. The minimum Gasteiger partial charge on any atom is -0.388 e. The minimum atomic E-state index is -4.58. The van der Waals surface area contributed by atoms with Crippen LogP contribution in [0.5, 0.6) is 0 Å². The lowest BCUT2D eigenvalue weighted by Gasteiger charge is -2.46. The molecule has 39 heteroatoms. The molecule has 11 aliphatic rings. The van der Waals surface area contributed by atoms with Gasteiger partial charge < -0.3 is 59.2 Å². The summed E-state index contributed by atoms with van der Waals surface area (Å²) in [4.78, 5) is 138. The number of amides is 10. The second kappa shape index (κ2) is 48.1. The van der Waals surface area contributed by atoms with Crippen LogP contribution in [0.15, 0.2) is 22.8 Å². The van der Waals surface area contributed by atoms with Gasteiger partial charge in [-0.1, -0.05) is 171 Å². The number of hydrogen-bond acceptors (Lipinski definition) is 14. The number of piperidine rings is 8. The van der Waals surface area contributed by atoms with Crippen molar-refractivity contribution in [2.45, 2.75) is 362 Å². The van der Waals surface area contributed by atoms with Crippen LogP contribution in [0.4, 0.5) is 65.9 Å². The van der Waals surface area contributed by atoms with Crippen LogP contribution in [0.2, 0.25) is 0 Å². The largest absolute Gasteiger partial charge is 0.412 e. The molecule has 143 heavy (non-hydrogen) atoms. The van der Waals surface area contributed by atoms with Crippen LogP contribution in [0.1, 0.15) is 320 Å². The molecule has 10 heterocycles. The molecule has 11 rings (SSSR count). The molecule has 0 radical (unpaired) electrons. The van der Waals surface area contributed by atoms with Crippen molar-refractivity contribution in [1.29, 1.82) is 10.5 Å². The average molecular weight is 2060 g/mol. The van der Waals surface area contributed by atoms with E-state index in [1.54, 1.807) is 77.0 Å². The van der Waals surface area contributed by atoms with E-state index in [4.69, 9.17) is 5.26 Å². The Labute approximate surface area is 838 Å². The van der Waals surface area contributed by atoms with Crippen molar-refractivity contribution in [3.05, 3.63) is 22.8 Å². The highest BCUT2D eigenvalue weighted by Crippen LogP contribution is 2.58. The van der Waals surface area contributed by atoms with Gasteiger partial charge in [-0.3, -0.25) is 47.9 Å². The van der Waals surface area contributed by atoms with Crippen LogP contribution in [-0.4, -0.2) is 291 Å². The van der Waals surface area contributed by atoms with Crippen LogP contribution in [-0.2, 0) is 47.9 Å². The number of carbonyl (C=O) groups excluding carboxylic acids is 10. The molecule has 818 valence electrons. The standard InChI is InChI=1S/C17H27F3N2O2.C16H25F3N2O2.C15H23F3N2O2.2C14H22F3NO.C14H22N2O2.C14H24N2O2/c1-15(2,3)13(23)22-11-7-16(8-12-22,17(18,19)20)14(24)21-9-5-4-6-10-21;1-14(2,3)12(22)21-10-6-15(7-11-21,16(17,18)19)13(23)20-8-4-5-9-20;1-13(2,3)11(21)20-9-5-14(6-10-20,15(16,17)18)12(22)19-7-4-8-19;2*1-5-11(14(15,16)17)10-6-8-18(9-7-10)12(19)13(2,3)4;1-12(2,3)11(17)16-8-6-14(18,7-9-16)13(10-15)4-5-13;1-5-11(10-15)14(18)6-8-16(9-7-14)12(17)13(2,3)4/h4-12H2,1-3H3;4-11H2,1-3H3;4-10H2,1-3H3;5-9H2,1-4H3;5,10H,6-9H2,1-4H3;18H,4-9H2,1-3H3;11,18H,5-9H2,1-4H3/b;;;;11-5-;;. The lowest BCUT2D eigenvalue weighted by molar-refractivity contribution is -0.240. The first kappa shape index (κ1) is 125. The molecular weight excluding hydrogens is 1890 g/mol. The van der Waals surface area contributed by atoms with Gasteiger partial charge in [-0.2, -0.15) is 76.4 Å². The fourth-order valence-electron chi connectivity index (χ4n) is 20.3. The van der Waals surface area contributed by atoms with E-state index in [0.29, 0.717) is 155 Å². The van der Waals surface area contributed by atoms with E-state index in [2.05, 4.69) is 12.1 Å². The fraction of sp³-hybridized carbons (Fsp3) is 0.846. The second-order valence-electron chi connectivity index (χ2n) is 47.9. The summed E-state index contributed by atoms with van der Waals surface area (Å²) in [7, 11) is 0. The highest BCUT2D eigenvalue weighted by molar-refractivity contribution is 5.89. The summed E-state index contributed by atoms with van der Waals surface area (Å²) in [5.74, 6) is -3.43. The topological polar surface area (TPSA) is 291 Å². The van der Waals surface area contributed by atoms with Crippen LogP contribution in [0.25, 0.3) is 0 Å². The molecule has 11 fully saturated rings. The second-order valence-corrected chi connectivity index (χ2v) is 47.9.